The fourth-order valence-electron chi connectivity index (χ4n) is 3.89. The number of benzene rings is 2. The van der Waals surface area contributed by atoms with E-state index in [1.165, 1.54) is 29.5 Å². The third-order valence-electron chi connectivity index (χ3n) is 5.65. The maximum atomic E-state index is 13.2. The second kappa shape index (κ2) is 11.1. The van der Waals surface area contributed by atoms with E-state index >= 15 is 0 Å². The van der Waals surface area contributed by atoms with Crippen LogP contribution in [0.4, 0.5) is 13.2 Å². The first-order chi connectivity index (χ1) is 16.0. The third-order valence-corrected chi connectivity index (χ3v) is 6.84. The zero-order valence-corrected chi connectivity index (χ0v) is 19.3. The van der Waals surface area contributed by atoms with Crippen LogP contribution in [0, 0.1) is 0 Å². The minimum absolute atomic E-state index is 0.122. The van der Waals surface area contributed by atoms with E-state index in [9.17, 15) is 22.8 Å². The summed E-state index contributed by atoms with van der Waals surface area (Å²) in [6, 6.07) is 12.5. The number of hydrogen-bond acceptors (Lipinski definition) is 5. The minimum Gasteiger partial charge on any atom is -0.478 e. The van der Waals surface area contributed by atoms with E-state index in [2.05, 4.69) is 22.9 Å². The molecule has 2 aliphatic heterocycles. The monoisotopic (exact) mass is 494 g/mol. The SMILES string of the molecule is CN1CCN(C2Cc3ccccc3Sc3cc(C(F)(F)F)ccc32)CC1.O=C(O)/C=C/C(=O)O. The first kappa shape index (κ1) is 25.8. The molecule has 182 valence electrons. The van der Waals surface area contributed by atoms with E-state index in [1.54, 1.807) is 6.07 Å². The van der Waals surface area contributed by atoms with Crippen LogP contribution in [0.5, 0.6) is 0 Å². The van der Waals surface area contributed by atoms with Crippen LogP contribution in [0.2, 0.25) is 0 Å². The minimum atomic E-state index is -4.31. The molecular weight excluding hydrogens is 469 g/mol. The Kier molecular flexibility index (Phi) is 8.40. The van der Waals surface area contributed by atoms with E-state index in [-0.39, 0.29) is 6.04 Å². The number of carboxylic acids is 2. The number of nitrogens with zero attached hydrogens (tertiary/aromatic N) is 2. The van der Waals surface area contributed by atoms with Crippen LogP contribution in [0.3, 0.4) is 0 Å². The molecule has 1 saturated heterocycles. The van der Waals surface area contributed by atoms with Crippen LogP contribution < -0.4 is 0 Å². The number of hydrogen-bond donors (Lipinski definition) is 2. The Hall–Kier alpha value is -2.82. The molecule has 2 aromatic rings. The largest absolute Gasteiger partial charge is 0.478 e. The molecule has 1 atom stereocenters. The highest BCUT2D eigenvalue weighted by molar-refractivity contribution is 7.99. The fraction of sp³-hybridized carbons (Fsp3) is 0.333. The van der Waals surface area contributed by atoms with Crippen molar-refractivity contribution in [2.75, 3.05) is 33.2 Å². The van der Waals surface area contributed by atoms with Gasteiger partial charge in [0, 0.05) is 54.2 Å². The van der Waals surface area contributed by atoms with E-state index in [0.717, 1.165) is 48.0 Å². The molecule has 0 spiro atoms. The van der Waals surface area contributed by atoms with Gasteiger partial charge in [0.15, 0.2) is 0 Å². The molecule has 34 heavy (non-hydrogen) atoms. The second-order valence-corrected chi connectivity index (χ2v) is 9.11. The Morgan fingerprint density at radius 1 is 0.971 bits per heavy atom. The van der Waals surface area contributed by atoms with Crippen molar-refractivity contribution in [1.29, 1.82) is 0 Å². The molecule has 0 aromatic heterocycles. The quantitative estimate of drug-likeness (QED) is 0.612. The van der Waals surface area contributed by atoms with Gasteiger partial charge in [-0.05, 0) is 42.8 Å². The average Bonchev–Trinajstić information content (AvgIpc) is 2.94. The van der Waals surface area contributed by atoms with Crippen molar-refractivity contribution < 1.29 is 33.0 Å². The van der Waals surface area contributed by atoms with Crippen molar-refractivity contribution >= 4 is 23.7 Å². The van der Waals surface area contributed by atoms with Gasteiger partial charge < -0.3 is 15.1 Å². The van der Waals surface area contributed by atoms with Gasteiger partial charge in [0.25, 0.3) is 0 Å². The molecule has 0 bridgehead atoms. The van der Waals surface area contributed by atoms with E-state index in [4.69, 9.17) is 10.2 Å². The molecule has 1 fully saturated rings. The van der Waals surface area contributed by atoms with Gasteiger partial charge in [0.05, 0.1) is 5.56 Å². The standard InChI is InChI=1S/C20H21F3N2S.C4H4O4/c1-24-8-10-25(11-9-24)17-12-14-4-2-3-5-18(14)26-19-13-15(20(21,22)23)6-7-16(17)19;5-3(6)1-2-4(7)8/h2-7,13,17H,8-12H2,1H3;1-2H,(H,5,6)(H,7,8)/b;2-1+. The highest BCUT2D eigenvalue weighted by Crippen LogP contribution is 2.45. The summed E-state index contributed by atoms with van der Waals surface area (Å²) < 4.78 is 39.7. The number of halogens is 3. The van der Waals surface area contributed by atoms with Gasteiger partial charge in [-0.2, -0.15) is 13.2 Å². The second-order valence-electron chi connectivity index (χ2n) is 8.03. The van der Waals surface area contributed by atoms with Gasteiger partial charge in [-0.15, -0.1) is 0 Å². The van der Waals surface area contributed by atoms with Crippen LogP contribution in [0.25, 0.3) is 0 Å². The summed E-state index contributed by atoms with van der Waals surface area (Å²) in [5, 5.41) is 15.6. The molecule has 2 aromatic carbocycles. The number of alkyl halides is 3. The number of carboxylic acid groups (broad SMARTS) is 2. The summed E-state index contributed by atoms with van der Waals surface area (Å²) in [5.74, 6) is -2.51. The molecule has 0 aliphatic carbocycles. The van der Waals surface area contributed by atoms with Gasteiger partial charge in [-0.3, -0.25) is 4.90 Å². The molecule has 1 unspecified atom stereocenters. The topological polar surface area (TPSA) is 81.1 Å². The molecule has 6 nitrogen and oxygen atoms in total. The Morgan fingerprint density at radius 2 is 1.59 bits per heavy atom. The molecule has 2 heterocycles. The average molecular weight is 495 g/mol. The molecule has 10 heteroatoms. The summed E-state index contributed by atoms with van der Waals surface area (Å²) in [6.45, 7) is 3.85. The van der Waals surface area contributed by atoms with Gasteiger partial charge in [-0.25, -0.2) is 9.59 Å². The lowest BCUT2D eigenvalue weighted by Crippen LogP contribution is -2.46. The summed E-state index contributed by atoms with van der Waals surface area (Å²) >= 11 is 1.46. The smallest absolute Gasteiger partial charge is 0.416 e. The lowest BCUT2D eigenvalue weighted by Gasteiger charge is -2.38. The lowest BCUT2D eigenvalue weighted by molar-refractivity contribution is -0.137. The Bertz CT molecular complexity index is 1050. The third kappa shape index (κ3) is 6.85. The maximum Gasteiger partial charge on any atom is 0.416 e. The maximum absolute atomic E-state index is 13.2. The molecule has 0 amide bonds. The van der Waals surface area contributed by atoms with Crippen LogP contribution in [0.15, 0.2) is 64.4 Å². The summed E-state index contributed by atoms with van der Waals surface area (Å²) in [7, 11) is 2.11. The van der Waals surface area contributed by atoms with Crippen molar-refractivity contribution in [2.24, 2.45) is 0 Å². The Morgan fingerprint density at radius 3 is 2.18 bits per heavy atom. The lowest BCUT2D eigenvalue weighted by atomic mass is 9.95. The van der Waals surface area contributed by atoms with Crippen molar-refractivity contribution in [1.82, 2.24) is 9.80 Å². The molecule has 2 aliphatic rings. The van der Waals surface area contributed by atoms with Gasteiger partial charge >= 0.3 is 18.1 Å². The number of likely N-dealkylation sites (N-methyl/N-ethyl adjacent to an activating group) is 1. The highest BCUT2D eigenvalue weighted by atomic mass is 32.2. The molecule has 4 rings (SSSR count). The first-order valence-corrected chi connectivity index (χ1v) is 11.4. The summed E-state index contributed by atoms with van der Waals surface area (Å²) in [6.07, 6.45) is -2.36. The summed E-state index contributed by atoms with van der Waals surface area (Å²) in [4.78, 5) is 25.6. The first-order valence-electron chi connectivity index (χ1n) is 10.6. The predicted molar refractivity (Wildman–Crippen MR) is 122 cm³/mol. The Balaban J connectivity index is 0.000000350. The van der Waals surface area contributed by atoms with Crippen molar-refractivity contribution in [3.05, 3.63) is 71.3 Å². The van der Waals surface area contributed by atoms with Crippen LogP contribution in [-0.2, 0) is 22.2 Å². The Labute approximate surface area is 199 Å². The van der Waals surface area contributed by atoms with E-state index < -0.39 is 23.7 Å². The normalized spacial score (nSPS) is 18.9. The number of rotatable bonds is 3. The predicted octanol–water partition coefficient (Wildman–Crippen LogP) is 4.41. The molecule has 0 saturated carbocycles. The number of aliphatic carboxylic acids is 2. The number of carbonyl (C=O) groups is 2. The van der Waals surface area contributed by atoms with Crippen LogP contribution in [0.1, 0.15) is 22.7 Å². The fourth-order valence-corrected chi connectivity index (χ4v) is 5.06. The zero-order valence-electron chi connectivity index (χ0n) is 18.5. The van der Waals surface area contributed by atoms with E-state index in [1.807, 2.05) is 18.2 Å². The zero-order chi connectivity index (χ0) is 24.9. The van der Waals surface area contributed by atoms with E-state index in [0.29, 0.717) is 12.2 Å². The van der Waals surface area contributed by atoms with Crippen LogP contribution in [-0.4, -0.2) is 65.2 Å². The highest BCUT2D eigenvalue weighted by Gasteiger charge is 2.34. The number of fused-ring (bicyclic) bond motifs is 2. The van der Waals surface area contributed by atoms with Crippen molar-refractivity contribution in [3.8, 4) is 0 Å². The van der Waals surface area contributed by atoms with Crippen LogP contribution >= 0.6 is 11.8 Å². The molecule has 0 radical (unpaired) electrons. The van der Waals surface area contributed by atoms with Gasteiger partial charge in [-0.1, -0.05) is 36.0 Å². The van der Waals surface area contributed by atoms with Crippen molar-refractivity contribution in [2.45, 2.75) is 28.4 Å². The van der Waals surface area contributed by atoms with Gasteiger partial charge in [0.1, 0.15) is 0 Å². The van der Waals surface area contributed by atoms with Gasteiger partial charge in [0.2, 0.25) is 0 Å². The molecular formula is C24H25F3N2O4S. The summed E-state index contributed by atoms with van der Waals surface area (Å²) in [5.41, 5.74) is 1.66. The van der Waals surface area contributed by atoms with Crippen molar-refractivity contribution in [3.63, 3.8) is 0 Å². The molecule has 2 N–H and O–H groups in total. The number of piperazine rings is 1.